The predicted octanol–water partition coefficient (Wildman–Crippen LogP) is 3.08. The summed E-state index contributed by atoms with van der Waals surface area (Å²) in [5.41, 5.74) is 2.89. The SMILES string of the molecule is O=C(Cc1c[nH]c2cc(Cl)ccc12)NCc1cccnc1. The predicted molar refractivity (Wildman–Crippen MR) is 83.1 cm³/mol. The lowest BCUT2D eigenvalue weighted by Crippen LogP contribution is -2.24. The zero-order valence-corrected chi connectivity index (χ0v) is 12.0. The molecule has 0 saturated carbocycles. The zero-order chi connectivity index (χ0) is 14.7. The number of hydrogen-bond donors (Lipinski definition) is 2. The molecule has 106 valence electrons. The van der Waals surface area contributed by atoms with Crippen molar-refractivity contribution in [3.63, 3.8) is 0 Å². The number of nitrogens with one attached hydrogen (secondary N) is 2. The van der Waals surface area contributed by atoms with Crippen LogP contribution in [0, 0.1) is 0 Å². The highest BCUT2D eigenvalue weighted by Gasteiger charge is 2.09. The van der Waals surface area contributed by atoms with E-state index in [0.29, 0.717) is 18.0 Å². The number of pyridine rings is 1. The topological polar surface area (TPSA) is 57.8 Å². The molecule has 0 fully saturated rings. The number of benzene rings is 1. The third-order valence-corrected chi connectivity index (χ3v) is 3.53. The van der Waals surface area contributed by atoms with Crippen molar-refractivity contribution in [1.82, 2.24) is 15.3 Å². The number of nitrogens with zero attached hydrogens (tertiary/aromatic N) is 1. The van der Waals surface area contributed by atoms with Crippen LogP contribution < -0.4 is 5.32 Å². The van der Waals surface area contributed by atoms with Crippen LogP contribution in [-0.4, -0.2) is 15.9 Å². The smallest absolute Gasteiger partial charge is 0.224 e. The standard InChI is InChI=1S/C16H14ClN3O/c17-13-3-4-14-12(10-19-15(14)7-13)6-16(21)20-9-11-2-1-5-18-8-11/h1-5,7-8,10,19H,6,9H2,(H,20,21). The first-order valence-corrected chi connectivity index (χ1v) is 7.01. The number of H-pyrrole nitrogens is 1. The molecular formula is C16H14ClN3O. The zero-order valence-electron chi connectivity index (χ0n) is 11.3. The van der Waals surface area contributed by atoms with E-state index in [2.05, 4.69) is 15.3 Å². The highest BCUT2D eigenvalue weighted by Crippen LogP contribution is 2.22. The van der Waals surface area contributed by atoms with Gasteiger partial charge in [0.1, 0.15) is 0 Å². The van der Waals surface area contributed by atoms with Gasteiger partial charge in [-0.1, -0.05) is 23.7 Å². The lowest BCUT2D eigenvalue weighted by Gasteiger charge is -2.04. The van der Waals surface area contributed by atoms with E-state index in [1.807, 2.05) is 36.5 Å². The second kappa shape index (κ2) is 5.97. The van der Waals surface area contributed by atoms with E-state index < -0.39 is 0 Å². The summed E-state index contributed by atoms with van der Waals surface area (Å²) in [6.45, 7) is 0.487. The minimum atomic E-state index is -0.0188. The van der Waals surface area contributed by atoms with Crippen LogP contribution in [-0.2, 0) is 17.8 Å². The van der Waals surface area contributed by atoms with Crippen LogP contribution >= 0.6 is 11.6 Å². The molecule has 3 rings (SSSR count). The second-order valence-electron chi connectivity index (χ2n) is 4.82. The molecule has 5 heteroatoms. The van der Waals surface area contributed by atoms with E-state index in [1.165, 1.54) is 0 Å². The Morgan fingerprint density at radius 1 is 1.33 bits per heavy atom. The maximum Gasteiger partial charge on any atom is 0.224 e. The normalized spacial score (nSPS) is 10.7. The number of amides is 1. The fourth-order valence-corrected chi connectivity index (χ4v) is 2.42. The van der Waals surface area contributed by atoms with Crippen LogP contribution in [0.2, 0.25) is 5.02 Å². The number of rotatable bonds is 4. The monoisotopic (exact) mass is 299 g/mol. The minimum Gasteiger partial charge on any atom is -0.361 e. The summed E-state index contributed by atoms with van der Waals surface area (Å²) >= 11 is 5.95. The van der Waals surface area contributed by atoms with Crippen molar-refractivity contribution in [2.45, 2.75) is 13.0 Å². The summed E-state index contributed by atoms with van der Waals surface area (Å²) in [5, 5.41) is 4.60. The second-order valence-corrected chi connectivity index (χ2v) is 5.26. The molecule has 0 spiro atoms. The maximum absolute atomic E-state index is 12.0. The van der Waals surface area contributed by atoms with Gasteiger partial charge in [0.05, 0.1) is 6.42 Å². The molecule has 0 aliphatic heterocycles. The molecule has 1 aromatic carbocycles. The number of aromatic nitrogens is 2. The molecule has 0 aliphatic rings. The summed E-state index contributed by atoms with van der Waals surface area (Å²) in [5.74, 6) is -0.0188. The van der Waals surface area contributed by atoms with Gasteiger partial charge in [-0.25, -0.2) is 0 Å². The molecule has 0 atom stereocenters. The first-order valence-electron chi connectivity index (χ1n) is 6.63. The number of aromatic amines is 1. The third kappa shape index (κ3) is 3.23. The molecule has 3 aromatic rings. The third-order valence-electron chi connectivity index (χ3n) is 3.29. The molecule has 4 nitrogen and oxygen atoms in total. The number of halogens is 1. The Balaban J connectivity index is 1.66. The number of hydrogen-bond acceptors (Lipinski definition) is 2. The van der Waals surface area contributed by atoms with E-state index in [-0.39, 0.29) is 5.91 Å². The average Bonchev–Trinajstić information content (AvgIpc) is 2.88. The summed E-state index contributed by atoms with van der Waals surface area (Å²) in [4.78, 5) is 19.2. The van der Waals surface area contributed by atoms with Crippen LogP contribution in [0.1, 0.15) is 11.1 Å². The van der Waals surface area contributed by atoms with Crippen molar-refractivity contribution in [2.75, 3.05) is 0 Å². The lowest BCUT2D eigenvalue weighted by atomic mass is 10.1. The van der Waals surface area contributed by atoms with Gasteiger partial charge >= 0.3 is 0 Å². The Morgan fingerprint density at radius 3 is 3.05 bits per heavy atom. The molecular weight excluding hydrogens is 286 g/mol. The van der Waals surface area contributed by atoms with Gasteiger partial charge < -0.3 is 10.3 Å². The van der Waals surface area contributed by atoms with Crippen LogP contribution in [0.5, 0.6) is 0 Å². The number of carbonyl (C=O) groups excluding carboxylic acids is 1. The molecule has 2 heterocycles. The molecule has 0 bridgehead atoms. The van der Waals surface area contributed by atoms with Crippen molar-refractivity contribution in [3.05, 3.63) is 65.1 Å². The molecule has 0 aliphatic carbocycles. The molecule has 0 radical (unpaired) electrons. The summed E-state index contributed by atoms with van der Waals surface area (Å²) in [7, 11) is 0. The van der Waals surface area contributed by atoms with E-state index in [4.69, 9.17) is 11.6 Å². The van der Waals surface area contributed by atoms with Gasteiger partial charge in [0.15, 0.2) is 0 Å². The number of fused-ring (bicyclic) bond motifs is 1. The fourth-order valence-electron chi connectivity index (χ4n) is 2.24. The Bertz CT molecular complexity index is 768. The van der Waals surface area contributed by atoms with Crippen molar-refractivity contribution < 1.29 is 4.79 Å². The van der Waals surface area contributed by atoms with E-state index >= 15 is 0 Å². The number of carbonyl (C=O) groups is 1. The van der Waals surface area contributed by atoms with Crippen molar-refractivity contribution >= 4 is 28.4 Å². The van der Waals surface area contributed by atoms with Gasteiger partial charge in [0.25, 0.3) is 0 Å². The van der Waals surface area contributed by atoms with Gasteiger partial charge in [-0.05, 0) is 29.3 Å². The summed E-state index contributed by atoms with van der Waals surface area (Å²) in [6, 6.07) is 9.40. The summed E-state index contributed by atoms with van der Waals surface area (Å²) < 4.78 is 0. The fraction of sp³-hybridized carbons (Fsp3) is 0.125. The molecule has 21 heavy (non-hydrogen) atoms. The molecule has 0 unspecified atom stereocenters. The maximum atomic E-state index is 12.0. The largest absolute Gasteiger partial charge is 0.361 e. The first kappa shape index (κ1) is 13.6. The average molecular weight is 300 g/mol. The van der Waals surface area contributed by atoms with E-state index in [0.717, 1.165) is 22.0 Å². The van der Waals surface area contributed by atoms with E-state index in [1.54, 1.807) is 12.4 Å². The highest BCUT2D eigenvalue weighted by molar-refractivity contribution is 6.31. The minimum absolute atomic E-state index is 0.0188. The molecule has 2 N–H and O–H groups in total. The Morgan fingerprint density at radius 2 is 2.24 bits per heavy atom. The van der Waals surface area contributed by atoms with Crippen LogP contribution in [0.3, 0.4) is 0 Å². The van der Waals surface area contributed by atoms with Gasteiger partial charge in [0.2, 0.25) is 5.91 Å². The van der Waals surface area contributed by atoms with Crippen LogP contribution in [0.25, 0.3) is 10.9 Å². The van der Waals surface area contributed by atoms with Crippen LogP contribution in [0.15, 0.2) is 48.9 Å². The van der Waals surface area contributed by atoms with Crippen molar-refractivity contribution in [3.8, 4) is 0 Å². The first-order chi connectivity index (χ1) is 10.2. The quantitative estimate of drug-likeness (QED) is 0.778. The summed E-state index contributed by atoms with van der Waals surface area (Å²) in [6.07, 6.45) is 5.64. The van der Waals surface area contributed by atoms with Crippen LogP contribution in [0.4, 0.5) is 0 Å². The molecule has 2 aromatic heterocycles. The van der Waals surface area contributed by atoms with E-state index in [9.17, 15) is 4.79 Å². The van der Waals surface area contributed by atoms with Gasteiger partial charge in [0, 0.05) is 41.1 Å². The molecule has 1 amide bonds. The van der Waals surface area contributed by atoms with Crippen molar-refractivity contribution in [2.24, 2.45) is 0 Å². The van der Waals surface area contributed by atoms with Crippen molar-refractivity contribution in [1.29, 1.82) is 0 Å². The molecule has 0 saturated heterocycles. The highest BCUT2D eigenvalue weighted by atomic mass is 35.5. The Kier molecular flexibility index (Phi) is 3.88. The van der Waals surface area contributed by atoms with Gasteiger partial charge in [-0.15, -0.1) is 0 Å². The lowest BCUT2D eigenvalue weighted by molar-refractivity contribution is -0.120. The van der Waals surface area contributed by atoms with Gasteiger partial charge in [-0.2, -0.15) is 0 Å². The Labute approximate surface area is 127 Å². The van der Waals surface area contributed by atoms with Gasteiger partial charge in [-0.3, -0.25) is 9.78 Å². The Hall–Kier alpha value is -2.33.